The monoisotopic (exact) mass is 334 g/mol. The van der Waals surface area contributed by atoms with E-state index in [9.17, 15) is 4.79 Å². The first kappa shape index (κ1) is 18.5. The van der Waals surface area contributed by atoms with E-state index in [1.165, 1.54) is 0 Å². The zero-order valence-electron chi connectivity index (χ0n) is 15.2. The van der Waals surface area contributed by atoms with Gasteiger partial charge in [0.25, 0.3) is 0 Å². The Kier molecular flexibility index (Phi) is 6.87. The number of hydrogen-bond donors (Lipinski definition) is 2. The van der Waals surface area contributed by atoms with Crippen molar-refractivity contribution in [2.45, 2.75) is 25.9 Å². The van der Waals surface area contributed by atoms with Gasteiger partial charge in [-0.1, -0.05) is 12.1 Å². The maximum Gasteiger partial charge on any atom is 0.315 e. The van der Waals surface area contributed by atoms with Crippen molar-refractivity contribution in [2.24, 2.45) is 0 Å². The Morgan fingerprint density at radius 1 is 1.38 bits per heavy atom. The molecule has 1 aromatic rings. The SMILES string of the molecule is Cc1cccc(OCC(C)NC(=O)NCC2CN(C)CCN2C)c1. The van der Waals surface area contributed by atoms with Crippen LogP contribution >= 0.6 is 0 Å². The van der Waals surface area contributed by atoms with Crippen molar-refractivity contribution in [1.29, 1.82) is 0 Å². The van der Waals surface area contributed by atoms with Crippen LogP contribution in [0.3, 0.4) is 0 Å². The molecule has 134 valence electrons. The average molecular weight is 334 g/mol. The fourth-order valence-electron chi connectivity index (χ4n) is 2.78. The predicted molar refractivity (Wildman–Crippen MR) is 96.6 cm³/mol. The van der Waals surface area contributed by atoms with Crippen LogP contribution in [0.15, 0.2) is 24.3 Å². The molecule has 0 aliphatic carbocycles. The molecule has 2 atom stereocenters. The number of piperazine rings is 1. The van der Waals surface area contributed by atoms with Crippen molar-refractivity contribution in [3.8, 4) is 5.75 Å². The van der Waals surface area contributed by atoms with Crippen molar-refractivity contribution < 1.29 is 9.53 Å². The topological polar surface area (TPSA) is 56.8 Å². The highest BCUT2D eigenvalue weighted by Gasteiger charge is 2.22. The van der Waals surface area contributed by atoms with E-state index in [0.29, 0.717) is 19.2 Å². The van der Waals surface area contributed by atoms with Gasteiger partial charge in [-0.3, -0.25) is 4.90 Å². The van der Waals surface area contributed by atoms with Crippen molar-refractivity contribution in [2.75, 3.05) is 46.9 Å². The van der Waals surface area contributed by atoms with E-state index in [0.717, 1.165) is 30.9 Å². The van der Waals surface area contributed by atoms with E-state index < -0.39 is 0 Å². The number of nitrogens with one attached hydrogen (secondary N) is 2. The largest absolute Gasteiger partial charge is 0.491 e. The lowest BCUT2D eigenvalue weighted by molar-refractivity contribution is 0.114. The molecule has 0 aromatic heterocycles. The number of hydrogen-bond acceptors (Lipinski definition) is 4. The number of benzene rings is 1. The number of carbonyl (C=O) groups excluding carboxylic acids is 1. The van der Waals surface area contributed by atoms with Crippen LogP contribution < -0.4 is 15.4 Å². The third kappa shape index (κ3) is 6.02. The Labute approximate surface area is 145 Å². The Balaban J connectivity index is 1.67. The summed E-state index contributed by atoms with van der Waals surface area (Å²) in [5, 5.41) is 5.89. The van der Waals surface area contributed by atoms with Gasteiger partial charge in [-0.2, -0.15) is 0 Å². The van der Waals surface area contributed by atoms with Crippen molar-refractivity contribution >= 4 is 6.03 Å². The maximum atomic E-state index is 12.0. The van der Waals surface area contributed by atoms with Crippen molar-refractivity contribution in [1.82, 2.24) is 20.4 Å². The average Bonchev–Trinajstić information content (AvgIpc) is 2.54. The standard InChI is InChI=1S/C18H30N4O2/c1-14-6-5-7-17(10-14)24-13-15(2)20-18(23)19-11-16-12-21(3)8-9-22(16)4/h5-7,10,15-16H,8-9,11-13H2,1-4H3,(H2,19,20,23). The van der Waals surface area contributed by atoms with E-state index >= 15 is 0 Å². The zero-order valence-corrected chi connectivity index (χ0v) is 15.2. The second kappa shape index (κ2) is 8.89. The van der Waals surface area contributed by atoms with Crippen LogP contribution in [-0.4, -0.2) is 74.8 Å². The molecule has 24 heavy (non-hydrogen) atoms. The number of likely N-dealkylation sites (N-methyl/N-ethyl adjacent to an activating group) is 2. The lowest BCUT2D eigenvalue weighted by Gasteiger charge is -2.37. The number of carbonyl (C=O) groups is 1. The van der Waals surface area contributed by atoms with E-state index in [1.807, 2.05) is 38.1 Å². The fraction of sp³-hybridized carbons (Fsp3) is 0.611. The Morgan fingerprint density at radius 3 is 2.92 bits per heavy atom. The van der Waals surface area contributed by atoms with Crippen LogP contribution in [-0.2, 0) is 0 Å². The summed E-state index contributed by atoms with van der Waals surface area (Å²) >= 11 is 0. The Bertz CT molecular complexity index is 538. The van der Waals surface area contributed by atoms with Gasteiger partial charge >= 0.3 is 6.03 Å². The van der Waals surface area contributed by atoms with Crippen molar-refractivity contribution in [3.05, 3.63) is 29.8 Å². The molecular weight excluding hydrogens is 304 g/mol. The van der Waals surface area contributed by atoms with Gasteiger partial charge in [0, 0.05) is 32.2 Å². The molecule has 2 amide bonds. The smallest absolute Gasteiger partial charge is 0.315 e. The van der Waals surface area contributed by atoms with Gasteiger partial charge in [-0.15, -0.1) is 0 Å². The molecule has 0 bridgehead atoms. The molecule has 1 aliphatic rings. The molecule has 1 aromatic carbocycles. The van der Waals surface area contributed by atoms with Crippen LogP contribution in [0.1, 0.15) is 12.5 Å². The molecule has 1 heterocycles. The molecule has 6 heteroatoms. The number of urea groups is 1. The number of aryl methyl sites for hydroxylation is 1. The maximum absolute atomic E-state index is 12.0. The molecule has 2 unspecified atom stereocenters. The predicted octanol–water partition coefficient (Wildman–Crippen LogP) is 1.31. The van der Waals surface area contributed by atoms with Gasteiger partial charge in [0.2, 0.25) is 0 Å². The summed E-state index contributed by atoms with van der Waals surface area (Å²) in [4.78, 5) is 16.6. The second-order valence-corrected chi connectivity index (χ2v) is 6.78. The molecule has 1 aliphatic heterocycles. The summed E-state index contributed by atoms with van der Waals surface area (Å²) in [6.07, 6.45) is 0. The highest BCUT2D eigenvalue weighted by molar-refractivity contribution is 5.74. The van der Waals surface area contributed by atoms with Crippen LogP contribution in [0.25, 0.3) is 0 Å². The molecule has 0 spiro atoms. The van der Waals surface area contributed by atoms with E-state index in [-0.39, 0.29) is 12.1 Å². The minimum absolute atomic E-state index is 0.0581. The first-order valence-corrected chi connectivity index (χ1v) is 8.56. The lowest BCUT2D eigenvalue weighted by Crippen LogP contribution is -2.55. The van der Waals surface area contributed by atoms with Crippen LogP contribution in [0, 0.1) is 6.92 Å². The molecule has 6 nitrogen and oxygen atoms in total. The van der Waals surface area contributed by atoms with Crippen LogP contribution in [0.2, 0.25) is 0 Å². The Hall–Kier alpha value is -1.79. The number of nitrogens with zero attached hydrogens (tertiary/aromatic N) is 2. The van der Waals surface area contributed by atoms with Gasteiger partial charge in [-0.25, -0.2) is 4.79 Å². The summed E-state index contributed by atoms with van der Waals surface area (Å²) in [5.41, 5.74) is 1.16. The lowest BCUT2D eigenvalue weighted by atomic mass is 10.2. The molecule has 0 saturated carbocycles. The highest BCUT2D eigenvalue weighted by atomic mass is 16.5. The molecule has 2 N–H and O–H groups in total. The summed E-state index contributed by atoms with van der Waals surface area (Å²) in [6, 6.07) is 8.06. The first-order valence-electron chi connectivity index (χ1n) is 8.56. The number of ether oxygens (including phenoxy) is 1. The molecular formula is C18H30N4O2. The van der Waals surface area contributed by atoms with Gasteiger partial charge < -0.3 is 20.3 Å². The van der Waals surface area contributed by atoms with Crippen molar-refractivity contribution in [3.63, 3.8) is 0 Å². The number of amides is 2. The first-order chi connectivity index (χ1) is 11.4. The highest BCUT2D eigenvalue weighted by Crippen LogP contribution is 2.12. The summed E-state index contributed by atoms with van der Waals surface area (Å²) in [7, 11) is 4.22. The van der Waals surface area contributed by atoms with Gasteiger partial charge in [0.1, 0.15) is 12.4 Å². The van der Waals surface area contributed by atoms with E-state index in [1.54, 1.807) is 0 Å². The summed E-state index contributed by atoms with van der Waals surface area (Å²) in [5.74, 6) is 0.830. The third-order valence-electron chi connectivity index (χ3n) is 4.35. The van der Waals surface area contributed by atoms with Gasteiger partial charge in [0.05, 0.1) is 6.04 Å². The molecule has 0 radical (unpaired) electrons. The quantitative estimate of drug-likeness (QED) is 0.824. The summed E-state index contributed by atoms with van der Waals surface area (Å²) < 4.78 is 5.72. The van der Waals surface area contributed by atoms with E-state index in [2.05, 4.69) is 34.5 Å². The molecule has 1 saturated heterocycles. The zero-order chi connectivity index (χ0) is 17.5. The van der Waals surface area contributed by atoms with Crippen LogP contribution in [0.4, 0.5) is 4.79 Å². The minimum Gasteiger partial charge on any atom is -0.491 e. The normalized spacial score (nSPS) is 20.4. The minimum atomic E-state index is -0.142. The summed E-state index contributed by atoms with van der Waals surface area (Å²) in [6.45, 7) is 8.15. The third-order valence-corrected chi connectivity index (χ3v) is 4.35. The van der Waals surface area contributed by atoms with E-state index in [4.69, 9.17) is 4.74 Å². The van der Waals surface area contributed by atoms with Gasteiger partial charge in [0.15, 0.2) is 0 Å². The number of rotatable bonds is 6. The van der Waals surface area contributed by atoms with Crippen LogP contribution in [0.5, 0.6) is 5.75 Å². The second-order valence-electron chi connectivity index (χ2n) is 6.78. The molecule has 1 fully saturated rings. The Morgan fingerprint density at radius 2 is 2.17 bits per heavy atom. The van der Waals surface area contributed by atoms with Gasteiger partial charge in [-0.05, 0) is 45.6 Å². The fourth-order valence-corrected chi connectivity index (χ4v) is 2.78. The molecule has 2 rings (SSSR count).